The van der Waals surface area contributed by atoms with Crippen molar-refractivity contribution in [2.24, 2.45) is 0 Å². The average Bonchev–Trinajstić information content (AvgIpc) is 2.36. The van der Waals surface area contributed by atoms with Crippen LogP contribution in [0.15, 0.2) is 30.5 Å². The van der Waals surface area contributed by atoms with Gasteiger partial charge in [0.05, 0.1) is 20.6 Å². The third kappa shape index (κ3) is 2.75. The average molecular weight is 303 g/mol. The molecule has 92 valence electrons. The van der Waals surface area contributed by atoms with Gasteiger partial charge in [-0.25, -0.2) is 4.98 Å². The molecule has 2 rings (SSSR count). The molecule has 1 aromatic heterocycles. The fourth-order valence-corrected chi connectivity index (χ4v) is 1.84. The number of benzene rings is 1. The van der Waals surface area contributed by atoms with E-state index in [1.807, 2.05) is 0 Å². The molecule has 3 nitrogen and oxygen atoms in total. The third-order valence-electron chi connectivity index (χ3n) is 2.11. The number of aromatic nitrogens is 1. The highest BCUT2D eigenvalue weighted by atomic mass is 35.5. The second-order valence-corrected chi connectivity index (χ2v) is 4.54. The van der Waals surface area contributed by atoms with E-state index in [2.05, 4.69) is 4.98 Å². The van der Waals surface area contributed by atoms with E-state index in [1.54, 1.807) is 12.1 Å². The molecule has 18 heavy (non-hydrogen) atoms. The lowest BCUT2D eigenvalue weighted by Gasteiger charge is -2.09. The van der Waals surface area contributed by atoms with Crippen LogP contribution in [0.2, 0.25) is 15.1 Å². The maximum absolute atomic E-state index is 10.8. The van der Waals surface area contributed by atoms with Crippen molar-refractivity contribution in [1.82, 2.24) is 4.98 Å². The normalized spacial score (nSPS) is 10.2. The number of hydrogen-bond donors (Lipinski definition) is 0. The van der Waals surface area contributed by atoms with Crippen molar-refractivity contribution in [2.45, 2.75) is 0 Å². The van der Waals surface area contributed by atoms with Crippen LogP contribution in [0.25, 0.3) is 0 Å². The molecule has 0 N–H and O–H groups in total. The van der Waals surface area contributed by atoms with Gasteiger partial charge in [-0.1, -0.05) is 34.8 Å². The molecule has 1 aromatic carbocycles. The summed E-state index contributed by atoms with van der Waals surface area (Å²) in [5.74, 6) is 0.445. The Hall–Kier alpha value is -1.29. The molecule has 0 aliphatic heterocycles. The van der Waals surface area contributed by atoms with Crippen LogP contribution in [0.4, 0.5) is 0 Å². The highest BCUT2D eigenvalue weighted by Crippen LogP contribution is 2.36. The highest BCUT2D eigenvalue weighted by molar-refractivity contribution is 6.43. The van der Waals surface area contributed by atoms with Crippen molar-refractivity contribution in [3.63, 3.8) is 0 Å². The zero-order valence-electron chi connectivity index (χ0n) is 8.86. The van der Waals surface area contributed by atoms with E-state index >= 15 is 0 Å². The first kappa shape index (κ1) is 13.1. The quantitative estimate of drug-likeness (QED) is 0.612. The van der Waals surface area contributed by atoms with Gasteiger partial charge in [-0.15, -0.1) is 0 Å². The van der Waals surface area contributed by atoms with E-state index in [4.69, 9.17) is 39.5 Å². The van der Waals surface area contributed by atoms with Crippen LogP contribution < -0.4 is 4.74 Å². The minimum absolute atomic E-state index is 0.160. The second kappa shape index (κ2) is 5.57. The number of nitrogens with zero attached hydrogens (tertiary/aromatic N) is 1. The predicted molar refractivity (Wildman–Crippen MR) is 71.2 cm³/mol. The van der Waals surface area contributed by atoms with E-state index in [-0.39, 0.29) is 16.7 Å². The highest BCUT2D eigenvalue weighted by Gasteiger charge is 2.11. The minimum atomic E-state index is 0.160. The van der Waals surface area contributed by atoms with E-state index in [0.29, 0.717) is 21.9 Å². The number of pyridine rings is 1. The van der Waals surface area contributed by atoms with Gasteiger partial charge in [0.15, 0.2) is 6.29 Å². The van der Waals surface area contributed by atoms with Crippen LogP contribution in [0, 0.1) is 0 Å². The summed E-state index contributed by atoms with van der Waals surface area (Å²) >= 11 is 17.6. The summed E-state index contributed by atoms with van der Waals surface area (Å²) in [6, 6.07) is 6.15. The van der Waals surface area contributed by atoms with E-state index in [1.165, 1.54) is 18.3 Å². The number of hydrogen-bond acceptors (Lipinski definition) is 3. The van der Waals surface area contributed by atoms with Gasteiger partial charge in [0, 0.05) is 12.3 Å². The first-order valence-corrected chi connectivity index (χ1v) is 5.98. The van der Waals surface area contributed by atoms with Crippen LogP contribution in [-0.2, 0) is 0 Å². The van der Waals surface area contributed by atoms with Gasteiger partial charge in [0.2, 0.25) is 5.88 Å². The van der Waals surface area contributed by atoms with Crippen LogP contribution >= 0.6 is 34.8 Å². The van der Waals surface area contributed by atoms with Crippen molar-refractivity contribution < 1.29 is 9.53 Å². The number of halogens is 3. The predicted octanol–water partition coefficient (Wildman–Crippen LogP) is 4.65. The fraction of sp³-hybridized carbons (Fsp3) is 0. The summed E-state index contributed by atoms with van der Waals surface area (Å²) in [5.41, 5.74) is 0.319. The summed E-state index contributed by atoms with van der Waals surface area (Å²) in [7, 11) is 0. The lowest BCUT2D eigenvalue weighted by atomic mass is 10.3. The molecule has 0 fully saturated rings. The Kier molecular flexibility index (Phi) is 4.07. The van der Waals surface area contributed by atoms with Gasteiger partial charge in [-0.3, -0.25) is 4.79 Å². The molecule has 0 aliphatic rings. The Morgan fingerprint density at radius 1 is 1.11 bits per heavy atom. The number of rotatable bonds is 3. The van der Waals surface area contributed by atoms with Crippen LogP contribution in [0.5, 0.6) is 11.6 Å². The Labute approximate surface area is 118 Å². The van der Waals surface area contributed by atoms with Gasteiger partial charge in [-0.05, 0) is 18.2 Å². The zero-order chi connectivity index (χ0) is 13.1. The molecule has 1 heterocycles. The Morgan fingerprint density at radius 2 is 1.83 bits per heavy atom. The minimum Gasteiger partial charge on any atom is -0.437 e. The molecule has 0 atom stereocenters. The van der Waals surface area contributed by atoms with E-state index in [9.17, 15) is 4.79 Å². The monoisotopic (exact) mass is 301 g/mol. The molecule has 0 aliphatic carbocycles. The summed E-state index contributed by atoms with van der Waals surface area (Å²) in [4.78, 5) is 14.8. The van der Waals surface area contributed by atoms with E-state index in [0.717, 1.165) is 0 Å². The second-order valence-electron chi connectivity index (χ2n) is 3.31. The molecule has 0 amide bonds. The van der Waals surface area contributed by atoms with Gasteiger partial charge in [0.1, 0.15) is 5.75 Å². The van der Waals surface area contributed by atoms with Crippen LogP contribution in [-0.4, -0.2) is 11.3 Å². The molecule has 0 unspecified atom stereocenters. The lowest BCUT2D eigenvalue weighted by molar-refractivity contribution is 0.112. The largest absolute Gasteiger partial charge is 0.437 e. The van der Waals surface area contributed by atoms with Gasteiger partial charge >= 0.3 is 0 Å². The van der Waals surface area contributed by atoms with E-state index < -0.39 is 0 Å². The van der Waals surface area contributed by atoms with Gasteiger partial charge < -0.3 is 4.74 Å². The molecule has 0 saturated carbocycles. The first-order chi connectivity index (χ1) is 8.61. The maximum Gasteiger partial charge on any atom is 0.229 e. The summed E-state index contributed by atoms with van der Waals surface area (Å²) < 4.78 is 5.45. The lowest BCUT2D eigenvalue weighted by Crippen LogP contribution is -1.93. The molecule has 0 spiro atoms. The van der Waals surface area contributed by atoms with Crippen molar-refractivity contribution in [3.05, 3.63) is 51.1 Å². The smallest absolute Gasteiger partial charge is 0.229 e. The van der Waals surface area contributed by atoms with Crippen molar-refractivity contribution >= 4 is 41.1 Å². The molecule has 0 saturated heterocycles. The first-order valence-electron chi connectivity index (χ1n) is 4.84. The number of carbonyl (C=O) groups excluding carboxylic acids is 1. The number of ether oxygens (including phenoxy) is 1. The van der Waals surface area contributed by atoms with Gasteiger partial charge in [-0.2, -0.15) is 0 Å². The molecule has 2 aromatic rings. The number of aldehydes is 1. The molecule has 6 heteroatoms. The molecular weight excluding hydrogens is 296 g/mol. The summed E-state index contributed by atoms with van der Waals surface area (Å²) in [6.07, 6.45) is 2.15. The molecule has 0 bridgehead atoms. The van der Waals surface area contributed by atoms with Crippen molar-refractivity contribution in [1.29, 1.82) is 0 Å². The molecular formula is C12H6Cl3NO2. The third-order valence-corrected chi connectivity index (χ3v) is 3.13. The SMILES string of the molecule is O=Cc1cccnc1Oc1cc(Cl)c(Cl)cc1Cl. The number of carbonyl (C=O) groups is 1. The van der Waals surface area contributed by atoms with Crippen LogP contribution in [0.3, 0.4) is 0 Å². The standard InChI is InChI=1S/C12H6Cl3NO2/c13-8-4-10(15)11(5-9(8)14)18-12-7(6-17)2-1-3-16-12/h1-6H. The zero-order valence-corrected chi connectivity index (χ0v) is 11.1. The Bertz CT molecular complexity index is 602. The van der Waals surface area contributed by atoms with Crippen molar-refractivity contribution in [2.75, 3.05) is 0 Å². The van der Waals surface area contributed by atoms with Crippen molar-refractivity contribution in [3.8, 4) is 11.6 Å². The fourth-order valence-electron chi connectivity index (χ4n) is 1.26. The Balaban J connectivity index is 2.40. The van der Waals surface area contributed by atoms with Crippen LogP contribution in [0.1, 0.15) is 10.4 Å². The topological polar surface area (TPSA) is 39.2 Å². The Morgan fingerprint density at radius 3 is 2.56 bits per heavy atom. The summed E-state index contributed by atoms with van der Waals surface area (Å²) in [6.45, 7) is 0. The maximum atomic E-state index is 10.8. The molecule has 0 radical (unpaired) electrons. The summed E-state index contributed by atoms with van der Waals surface area (Å²) in [5, 5.41) is 0.914. The van der Waals surface area contributed by atoms with Gasteiger partial charge in [0.25, 0.3) is 0 Å².